The van der Waals surface area contributed by atoms with Crippen molar-refractivity contribution in [1.29, 1.82) is 0 Å². The van der Waals surface area contributed by atoms with Crippen molar-refractivity contribution in [3.8, 4) is 0 Å². The van der Waals surface area contributed by atoms with E-state index in [0.717, 1.165) is 12.8 Å². The van der Waals surface area contributed by atoms with Gasteiger partial charge in [-0.2, -0.15) is 5.10 Å². The molecule has 6 heteroatoms. The van der Waals surface area contributed by atoms with Crippen LogP contribution in [0.3, 0.4) is 0 Å². The maximum Gasteiger partial charge on any atom is 0.271 e. The van der Waals surface area contributed by atoms with Crippen LogP contribution in [0.2, 0.25) is 0 Å². The third-order valence-corrected chi connectivity index (χ3v) is 3.11. The molecule has 0 spiro atoms. The van der Waals surface area contributed by atoms with E-state index in [2.05, 4.69) is 10.4 Å². The number of nitrogens with one attached hydrogen (secondary N) is 1. The number of nitrogen functional groups attached to an aromatic ring is 1. The van der Waals surface area contributed by atoms with Crippen molar-refractivity contribution in [1.82, 2.24) is 15.1 Å². The number of hydrogen-bond donors (Lipinski definition) is 3. The maximum atomic E-state index is 11.9. The van der Waals surface area contributed by atoms with Crippen LogP contribution >= 0.6 is 0 Å². The van der Waals surface area contributed by atoms with Gasteiger partial charge in [0.25, 0.3) is 5.91 Å². The first-order valence-electron chi connectivity index (χ1n) is 5.96. The van der Waals surface area contributed by atoms with E-state index < -0.39 is 0 Å². The molecule has 1 fully saturated rings. The predicted octanol–water partition coefficient (Wildman–Crippen LogP) is 0.302. The summed E-state index contributed by atoms with van der Waals surface area (Å²) in [6, 6.07) is 0.280. The van der Waals surface area contributed by atoms with Crippen molar-refractivity contribution in [2.75, 3.05) is 18.9 Å². The van der Waals surface area contributed by atoms with Crippen LogP contribution in [0.5, 0.6) is 0 Å². The molecule has 0 atom stereocenters. The number of nitrogens with two attached hydrogens (primary N) is 1. The number of carbonyl (C=O) groups is 1. The minimum absolute atomic E-state index is 0.0801. The van der Waals surface area contributed by atoms with E-state index in [4.69, 9.17) is 10.8 Å². The smallest absolute Gasteiger partial charge is 0.271 e. The van der Waals surface area contributed by atoms with Gasteiger partial charge >= 0.3 is 0 Å². The zero-order valence-corrected chi connectivity index (χ0v) is 9.72. The summed E-state index contributed by atoms with van der Waals surface area (Å²) in [6.07, 6.45) is 5.94. The molecule has 0 unspecified atom stereocenters. The molecule has 0 bridgehead atoms. The largest absolute Gasteiger partial charge is 0.396 e. The Balaban J connectivity index is 2.19. The number of hydrogen-bond acceptors (Lipinski definition) is 4. The Hall–Kier alpha value is -1.56. The van der Waals surface area contributed by atoms with E-state index >= 15 is 0 Å². The topological polar surface area (TPSA) is 93.2 Å². The lowest BCUT2D eigenvalue weighted by molar-refractivity contribution is 0.0932. The first-order valence-corrected chi connectivity index (χ1v) is 5.96. The Morgan fingerprint density at radius 3 is 2.94 bits per heavy atom. The van der Waals surface area contributed by atoms with Crippen molar-refractivity contribution >= 4 is 11.6 Å². The second-order valence-corrected chi connectivity index (χ2v) is 4.31. The van der Waals surface area contributed by atoms with Gasteiger partial charge in [-0.15, -0.1) is 0 Å². The molecule has 6 nitrogen and oxygen atoms in total. The van der Waals surface area contributed by atoms with Gasteiger partial charge < -0.3 is 16.2 Å². The minimum atomic E-state index is -0.263. The Morgan fingerprint density at radius 1 is 1.59 bits per heavy atom. The van der Waals surface area contributed by atoms with Crippen LogP contribution in [0.15, 0.2) is 6.20 Å². The van der Waals surface area contributed by atoms with Gasteiger partial charge in [-0.1, -0.05) is 12.8 Å². The molecule has 0 aliphatic heterocycles. The molecule has 1 aromatic rings. The van der Waals surface area contributed by atoms with Gasteiger partial charge in [-0.25, -0.2) is 0 Å². The van der Waals surface area contributed by atoms with Crippen LogP contribution in [-0.4, -0.2) is 33.9 Å². The summed E-state index contributed by atoms with van der Waals surface area (Å²) < 4.78 is 1.73. The molecular formula is C11H18N4O2. The number of nitrogens with zero attached hydrogens (tertiary/aromatic N) is 2. The van der Waals surface area contributed by atoms with Crippen LogP contribution in [0.25, 0.3) is 0 Å². The summed E-state index contributed by atoms with van der Waals surface area (Å²) in [5.41, 5.74) is 6.59. The van der Waals surface area contributed by atoms with Crippen molar-refractivity contribution in [2.24, 2.45) is 0 Å². The third kappa shape index (κ3) is 2.41. The molecule has 0 aromatic carbocycles. The fraction of sp³-hybridized carbons (Fsp3) is 0.636. The Bertz CT molecular complexity index is 396. The first-order chi connectivity index (χ1) is 8.24. The molecule has 1 amide bonds. The summed E-state index contributed by atoms with van der Waals surface area (Å²) in [4.78, 5) is 11.9. The molecule has 0 radical (unpaired) electrons. The molecular weight excluding hydrogens is 220 g/mol. The number of carbonyl (C=O) groups excluding carboxylic acids is 1. The van der Waals surface area contributed by atoms with E-state index in [-0.39, 0.29) is 25.1 Å². The second-order valence-electron chi connectivity index (χ2n) is 4.31. The Morgan fingerprint density at radius 2 is 2.29 bits per heavy atom. The minimum Gasteiger partial charge on any atom is -0.396 e. The van der Waals surface area contributed by atoms with Gasteiger partial charge in [-0.05, 0) is 12.8 Å². The standard InChI is InChI=1S/C11H18N4O2/c12-9-7-14-15(8-3-1-2-4-8)10(9)11(17)13-5-6-16/h7-8,16H,1-6,12H2,(H,13,17). The quantitative estimate of drug-likeness (QED) is 0.703. The molecule has 4 N–H and O–H groups in total. The highest BCUT2D eigenvalue weighted by Gasteiger charge is 2.24. The number of aromatic nitrogens is 2. The molecule has 1 aromatic heterocycles. The molecule has 0 saturated heterocycles. The summed E-state index contributed by atoms with van der Waals surface area (Å²) in [5, 5.41) is 15.5. The molecule has 94 valence electrons. The molecule has 1 aliphatic carbocycles. The highest BCUT2D eigenvalue weighted by atomic mass is 16.3. The number of rotatable bonds is 4. The van der Waals surface area contributed by atoms with E-state index in [1.165, 1.54) is 19.0 Å². The molecule has 1 aliphatic rings. The van der Waals surface area contributed by atoms with Gasteiger partial charge in [0.1, 0.15) is 5.69 Å². The number of aliphatic hydroxyl groups is 1. The monoisotopic (exact) mass is 238 g/mol. The van der Waals surface area contributed by atoms with E-state index in [1.807, 2.05) is 0 Å². The van der Waals surface area contributed by atoms with Crippen LogP contribution < -0.4 is 11.1 Å². The second kappa shape index (κ2) is 5.18. The molecule has 2 rings (SSSR count). The lowest BCUT2D eigenvalue weighted by Gasteiger charge is -2.14. The summed E-state index contributed by atoms with van der Waals surface area (Å²) in [7, 11) is 0. The van der Waals surface area contributed by atoms with Gasteiger partial charge in [0.15, 0.2) is 0 Å². The van der Waals surface area contributed by atoms with Gasteiger partial charge in [0, 0.05) is 6.54 Å². The number of aliphatic hydroxyl groups excluding tert-OH is 1. The fourth-order valence-corrected chi connectivity index (χ4v) is 2.29. The van der Waals surface area contributed by atoms with Crippen molar-refractivity contribution in [3.63, 3.8) is 0 Å². The molecule has 1 heterocycles. The van der Waals surface area contributed by atoms with Gasteiger partial charge in [0.2, 0.25) is 0 Å². The highest BCUT2D eigenvalue weighted by Crippen LogP contribution is 2.31. The van der Waals surface area contributed by atoms with Crippen molar-refractivity contribution in [3.05, 3.63) is 11.9 Å². The van der Waals surface area contributed by atoms with E-state index in [9.17, 15) is 4.79 Å². The number of anilines is 1. The summed E-state index contributed by atoms with van der Waals surface area (Å²) in [5.74, 6) is -0.263. The Labute approximate surface area is 99.8 Å². The van der Waals surface area contributed by atoms with Crippen LogP contribution in [-0.2, 0) is 0 Å². The first kappa shape index (κ1) is 11.9. The van der Waals surface area contributed by atoms with Crippen LogP contribution in [0.1, 0.15) is 42.2 Å². The predicted molar refractivity (Wildman–Crippen MR) is 63.6 cm³/mol. The van der Waals surface area contributed by atoms with Crippen LogP contribution in [0, 0.1) is 0 Å². The van der Waals surface area contributed by atoms with Crippen LogP contribution in [0.4, 0.5) is 5.69 Å². The lowest BCUT2D eigenvalue weighted by Crippen LogP contribution is -2.30. The maximum absolute atomic E-state index is 11.9. The Kier molecular flexibility index (Phi) is 3.63. The zero-order chi connectivity index (χ0) is 12.3. The van der Waals surface area contributed by atoms with E-state index in [0.29, 0.717) is 11.4 Å². The molecule has 1 saturated carbocycles. The van der Waals surface area contributed by atoms with Gasteiger partial charge in [-0.3, -0.25) is 9.48 Å². The fourth-order valence-electron chi connectivity index (χ4n) is 2.29. The zero-order valence-electron chi connectivity index (χ0n) is 9.72. The lowest BCUT2D eigenvalue weighted by atomic mass is 10.2. The highest BCUT2D eigenvalue weighted by molar-refractivity contribution is 5.97. The van der Waals surface area contributed by atoms with Crippen molar-refractivity contribution in [2.45, 2.75) is 31.7 Å². The van der Waals surface area contributed by atoms with E-state index in [1.54, 1.807) is 4.68 Å². The number of amides is 1. The SMILES string of the molecule is Nc1cnn(C2CCCC2)c1C(=O)NCCO. The van der Waals surface area contributed by atoms with Gasteiger partial charge in [0.05, 0.1) is 24.5 Å². The van der Waals surface area contributed by atoms with Crippen molar-refractivity contribution < 1.29 is 9.90 Å². The summed E-state index contributed by atoms with van der Waals surface area (Å²) >= 11 is 0. The normalized spacial score (nSPS) is 16.3. The third-order valence-electron chi connectivity index (χ3n) is 3.11. The average molecular weight is 238 g/mol. The molecule has 17 heavy (non-hydrogen) atoms. The summed E-state index contributed by atoms with van der Waals surface area (Å²) in [6.45, 7) is 0.150. The average Bonchev–Trinajstić information content (AvgIpc) is 2.94.